The van der Waals surface area contributed by atoms with Gasteiger partial charge >= 0.3 is 0 Å². The lowest BCUT2D eigenvalue weighted by molar-refractivity contribution is 0.467. The van der Waals surface area contributed by atoms with Crippen LogP contribution in [0.1, 0.15) is 5.56 Å². The van der Waals surface area contributed by atoms with Gasteiger partial charge in [0.15, 0.2) is 0 Å². The third-order valence-corrected chi connectivity index (χ3v) is 4.47. The quantitative estimate of drug-likeness (QED) is 0.739. The first-order chi connectivity index (χ1) is 10.0. The van der Waals surface area contributed by atoms with Crippen molar-refractivity contribution in [2.45, 2.75) is 16.7 Å². The van der Waals surface area contributed by atoms with Gasteiger partial charge in [-0.2, -0.15) is 0 Å². The Morgan fingerprint density at radius 2 is 1.86 bits per heavy atom. The Bertz CT molecular complexity index is 872. The van der Waals surface area contributed by atoms with Crippen LogP contribution in [0.4, 0.5) is 0 Å². The van der Waals surface area contributed by atoms with Crippen LogP contribution in [0.5, 0.6) is 5.75 Å². The summed E-state index contributed by atoms with van der Waals surface area (Å²) >= 11 is 7.18. The molecule has 3 aromatic rings. The summed E-state index contributed by atoms with van der Waals surface area (Å²) in [6, 6.07) is 12.8. The van der Waals surface area contributed by atoms with E-state index in [4.69, 9.17) is 11.6 Å². The zero-order chi connectivity index (χ0) is 15.0. The first-order valence-corrected chi connectivity index (χ1v) is 7.53. The van der Waals surface area contributed by atoms with Crippen molar-refractivity contribution in [3.05, 3.63) is 63.4 Å². The second-order valence-corrected chi connectivity index (χ2v) is 6.26. The molecule has 0 fully saturated rings. The number of aryl methyl sites for hydroxylation is 1. The minimum atomic E-state index is -0.312. The lowest BCUT2D eigenvalue weighted by atomic mass is 10.2. The number of rotatable bonds is 2. The summed E-state index contributed by atoms with van der Waals surface area (Å²) in [4.78, 5) is 16.1. The van der Waals surface area contributed by atoms with Crippen molar-refractivity contribution < 1.29 is 5.11 Å². The molecule has 2 aromatic carbocycles. The molecular weight excluding hydrogens is 306 g/mol. The van der Waals surface area contributed by atoms with Gasteiger partial charge in [0.25, 0.3) is 5.56 Å². The number of hydrogen-bond acceptors (Lipinski definition) is 3. The van der Waals surface area contributed by atoms with Crippen LogP contribution in [0.15, 0.2) is 57.1 Å². The second kappa shape index (κ2) is 5.47. The SMILES string of the molecule is Cc1ccc(Sc2c(O)c3cc(Cl)ccc3[nH]c2=O)cc1. The molecule has 0 aliphatic carbocycles. The third-order valence-electron chi connectivity index (χ3n) is 3.15. The summed E-state index contributed by atoms with van der Waals surface area (Å²) in [5.41, 5.74) is 1.39. The van der Waals surface area contributed by atoms with Gasteiger partial charge in [-0.05, 0) is 37.3 Å². The van der Waals surface area contributed by atoms with Crippen LogP contribution in [-0.2, 0) is 0 Å². The monoisotopic (exact) mass is 317 g/mol. The fourth-order valence-corrected chi connectivity index (χ4v) is 3.08. The van der Waals surface area contributed by atoms with Gasteiger partial charge in [-0.1, -0.05) is 41.1 Å². The van der Waals surface area contributed by atoms with Crippen LogP contribution in [0.3, 0.4) is 0 Å². The summed E-state index contributed by atoms with van der Waals surface area (Å²) in [5, 5.41) is 11.4. The van der Waals surface area contributed by atoms with Crippen molar-refractivity contribution in [2.24, 2.45) is 0 Å². The lowest BCUT2D eigenvalue weighted by Gasteiger charge is -2.07. The number of fused-ring (bicyclic) bond motifs is 1. The van der Waals surface area contributed by atoms with E-state index in [1.165, 1.54) is 11.8 Å². The highest BCUT2D eigenvalue weighted by Crippen LogP contribution is 2.36. The number of pyridine rings is 1. The molecule has 5 heteroatoms. The van der Waals surface area contributed by atoms with E-state index >= 15 is 0 Å². The molecule has 0 bridgehead atoms. The predicted molar refractivity (Wildman–Crippen MR) is 86.5 cm³/mol. The molecule has 0 saturated carbocycles. The van der Waals surface area contributed by atoms with E-state index in [0.717, 1.165) is 10.5 Å². The second-order valence-electron chi connectivity index (χ2n) is 4.74. The van der Waals surface area contributed by atoms with E-state index in [9.17, 15) is 9.90 Å². The van der Waals surface area contributed by atoms with Gasteiger partial charge in [-0.3, -0.25) is 4.79 Å². The van der Waals surface area contributed by atoms with E-state index in [1.807, 2.05) is 31.2 Å². The number of benzene rings is 2. The Morgan fingerprint density at radius 3 is 2.57 bits per heavy atom. The molecule has 0 aliphatic heterocycles. The molecule has 0 spiro atoms. The number of aromatic hydroxyl groups is 1. The van der Waals surface area contributed by atoms with Gasteiger partial charge in [0.2, 0.25) is 0 Å². The van der Waals surface area contributed by atoms with E-state index in [1.54, 1.807) is 18.2 Å². The zero-order valence-electron chi connectivity index (χ0n) is 11.2. The van der Waals surface area contributed by atoms with E-state index in [2.05, 4.69) is 4.98 Å². The van der Waals surface area contributed by atoms with Gasteiger partial charge in [0.05, 0.1) is 5.52 Å². The van der Waals surface area contributed by atoms with Crippen molar-refractivity contribution in [2.75, 3.05) is 0 Å². The van der Waals surface area contributed by atoms with Crippen LogP contribution in [-0.4, -0.2) is 10.1 Å². The average molecular weight is 318 g/mol. The molecule has 2 N–H and O–H groups in total. The van der Waals surface area contributed by atoms with Gasteiger partial charge in [-0.15, -0.1) is 0 Å². The molecule has 106 valence electrons. The van der Waals surface area contributed by atoms with Crippen LogP contribution in [0.2, 0.25) is 5.02 Å². The summed E-state index contributed by atoms with van der Waals surface area (Å²) in [5.74, 6) is -0.0400. The van der Waals surface area contributed by atoms with Gasteiger partial charge in [0.1, 0.15) is 10.6 Å². The topological polar surface area (TPSA) is 53.1 Å². The third kappa shape index (κ3) is 2.77. The Kier molecular flexibility index (Phi) is 3.66. The maximum absolute atomic E-state index is 12.1. The lowest BCUT2D eigenvalue weighted by Crippen LogP contribution is -2.08. The highest BCUT2D eigenvalue weighted by molar-refractivity contribution is 7.99. The highest BCUT2D eigenvalue weighted by Gasteiger charge is 2.13. The smallest absolute Gasteiger partial charge is 0.266 e. The average Bonchev–Trinajstić information content (AvgIpc) is 2.46. The maximum Gasteiger partial charge on any atom is 0.266 e. The number of H-pyrrole nitrogens is 1. The largest absolute Gasteiger partial charge is 0.506 e. The molecule has 1 aromatic heterocycles. The van der Waals surface area contributed by atoms with Crippen LogP contribution < -0.4 is 5.56 Å². The van der Waals surface area contributed by atoms with E-state index < -0.39 is 0 Å². The standard InChI is InChI=1S/C16H12ClNO2S/c1-9-2-5-11(6-3-9)21-15-14(19)12-8-10(17)4-7-13(12)18-16(15)20/h2-8H,1H3,(H2,18,19,20). The van der Waals surface area contributed by atoms with Gasteiger partial charge in [0, 0.05) is 15.3 Å². The number of halogens is 1. The molecule has 0 unspecified atom stereocenters. The fraction of sp³-hybridized carbons (Fsp3) is 0.0625. The summed E-state index contributed by atoms with van der Waals surface area (Å²) < 4.78 is 0. The molecule has 0 atom stereocenters. The van der Waals surface area contributed by atoms with Crippen molar-refractivity contribution in [1.29, 1.82) is 0 Å². The predicted octanol–water partition coefficient (Wildman–Crippen LogP) is 4.35. The first-order valence-electron chi connectivity index (χ1n) is 6.33. The number of aromatic nitrogens is 1. The Hall–Kier alpha value is -1.91. The molecule has 21 heavy (non-hydrogen) atoms. The van der Waals surface area contributed by atoms with Crippen LogP contribution >= 0.6 is 23.4 Å². The van der Waals surface area contributed by atoms with Crippen molar-refractivity contribution in [1.82, 2.24) is 4.98 Å². The van der Waals surface area contributed by atoms with Crippen molar-refractivity contribution >= 4 is 34.3 Å². The Labute approximate surface area is 130 Å². The van der Waals surface area contributed by atoms with Gasteiger partial charge in [-0.25, -0.2) is 0 Å². The summed E-state index contributed by atoms with van der Waals surface area (Å²) in [6.45, 7) is 2.00. The Morgan fingerprint density at radius 1 is 1.14 bits per heavy atom. The maximum atomic E-state index is 12.1. The van der Waals surface area contributed by atoms with E-state index in [-0.39, 0.29) is 16.2 Å². The van der Waals surface area contributed by atoms with Gasteiger partial charge < -0.3 is 10.1 Å². The fourth-order valence-electron chi connectivity index (χ4n) is 2.05. The molecule has 3 rings (SSSR count). The van der Waals surface area contributed by atoms with Crippen LogP contribution in [0.25, 0.3) is 10.9 Å². The molecule has 0 saturated heterocycles. The summed E-state index contributed by atoms with van der Waals surface area (Å²) in [7, 11) is 0. The molecule has 0 amide bonds. The number of hydrogen-bond donors (Lipinski definition) is 2. The molecule has 3 nitrogen and oxygen atoms in total. The first kappa shape index (κ1) is 14.0. The Balaban J connectivity index is 2.13. The minimum absolute atomic E-state index is 0.0400. The molecular formula is C16H12ClNO2S. The van der Waals surface area contributed by atoms with E-state index in [0.29, 0.717) is 15.9 Å². The van der Waals surface area contributed by atoms with Crippen LogP contribution in [0, 0.1) is 6.92 Å². The minimum Gasteiger partial charge on any atom is -0.506 e. The molecule has 0 aliphatic rings. The zero-order valence-corrected chi connectivity index (χ0v) is 12.8. The molecule has 1 heterocycles. The summed E-state index contributed by atoms with van der Waals surface area (Å²) in [6.07, 6.45) is 0. The number of aromatic amines is 1. The van der Waals surface area contributed by atoms with Crippen molar-refractivity contribution in [3.8, 4) is 5.75 Å². The normalized spacial score (nSPS) is 11.0. The highest BCUT2D eigenvalue weighted by atomic mass is 35.5. The number of nitrogens with one attached hydrogen (secondary N) is 1. The van der Waals surface area contributed by atoms with Crippen molar-refractivity contribution in [3.63, 3.8) is 0 Å². The molecule has 0 radical (unpaired) electrons.